The number of nitrogens with zero attached hydrogens (tertiary/aromatic N) is 3. The van der Waals surface area contributed by atoms with Crippen molar-refractivity contribution >= 4 is 57.1 Å². The van der Waals surface area contributed by atoms with E-state index in [9.17, 15) is 0 Å². The van der Waals surface area contributed by atoms with Gasteiger partial charge in [0, 0.05) is 18.4 Å². The maximum absolute atomic E-state index is 6.05. The van der Waals surface area contributed by atoms with Gasteiger partial charge in [-0.1, -0.05) is 23.2 Å². The highest BCUT2D eigenvalue weighted by Crippen LogP contribution is 2.30. The third kappa shape index (κ3) is 2.61. The smallest absolute Gasteiger partial charge is 0.152 e. The van der Waals surface area contributed by atoms with Gasteiger partial charge in [0.05, 0.1) is 27.4 Å². The summed E-state index contributed by atoms with van der Waals surface area (Å²) in [5.74, 6) is 0.641. The van der Waals surface area contributed by atoms with Gasteiger partial charge >= 0.3 is 0 Å². The highest BCUT2D eigenvalue weighted by atomic mass is 35.5. The molecule has 5 nitrogen and oxygen atoms in total. The second-order valence-electron chi connectivity index (χ2n) is 4.86. The van der Waals surface area contributed by atoms with Crippen LogP contribution in [0, 0.1) is 0 Å². The SMILES string of the molecule is CN(c1ccc(Cl)c(Cl)c1)c1cnc2cc(N)cc(N)c2n1. The zero-order chi connectivity index (χ0) is 15.9. The van der Waals surface area contributed by atoms with Gasteiger partial charge < -0.3 is 16.4 Å². The molecule has 7 heteroatoms. The number of hydrogen-bond acceptors (Lipinski definition) is 5. The molecule has 112 valence electrons. The molecule has 3 aromatic rings. The zero-order valence-electron chi connectivity index (χ0n) is 11.7. The van der Waals surface area contributed by atoms with Crippen molar-refractivity contribution in [2.45, 2.75) is 0 Å². The molecule has 0 bridgehead atoms. The fourth-order valence-corrected chi connectivity index (χ4v) is 2.43. The van der Waals surface area contributed by atoms with Crippen LogP contribution in [-0.2, 0) is 0 Å². The lowest BCUT2D eigenvalue weighted by Crippen LogP contribution is -2.12. The Kier molecular flexibility index (Phi) is 3.68. The number of fused-ring (bicyclic) bond motifs is 1. The number of rotatable bonds is 2. The molecular formula is C15H13Cl2N5. The van der Waals surface area contributed by atoms with Crippen molar-refractivity contribution in [3.63, 3.8) is 0 Å². The van der Waals surface area contributed by atoms with Crippen molar-refractivity contribution in [2.24, 2.45) is 0 Å². The van der Waals surface area contributed by atoms with Gasteiger partial charge in [-0.25, -0.2) is 4.98 Å². The lowest BCUT2D eigenvalue weighted by atomic mass is 10.2. The van der Waals surface area contributed by atoms with Crippen molar-refractivity contribution in [1.82, 2.24) is 9.97 Å². The van der Waals surface area contributed by atoms with E-state index >= 15 is 0 Å². The molecule has 4 N–H and O–H groups in total. The molecule has 22 heavy (non-hydrogen) atoms. The van der Waals surface area contributed by atoms with Gasteiger partial charge in [0.25, 0.3) is 0 Å². The van der Waals surface area contributed by atoms with Gasteiger partial charge in [0.2, 0.25) is 0 Å². The summed E-state index contributed by atoms with van der Waals surface area (Å²) in [5.41, 5.74) is 14.9. The number of halogens is 2. The zero-order valence-corrected chi connectivity index (χ0v) is 13.2. The molecule has 1 aromatic heterocycles. The van der Waals surface area contributed by atoms with E-state index in [1.807, 2.05) is 18.0 Å². The molecule has 0 amide bonds. The first-order valence-corrected chi connectivity index (χ1v) is 7.22. The van der Waals surface area contributed by atoms with Gasteiger partial charge in [0.15, 0.2) is 5.82 Å². The molecule has 0 aliphatic rings. The number of nitrogen functional groups attached to an aromatic ring is 2. The first-order valence-electron chi connectivity index (χ1n) is 6.46. The summed E-state index contributed by atoms with van der Waals surface area (Å²) in [6.07, 6.45) is 1.66. The van der Waals surface area contributed by atoms with Crippen LogP contribution in [-0.4, -0.2) is 17.0 Å². The van der Waals surface area contributed by atoms with E-state index in [0.717, 1.165) is 5.69 Å². The van der Waals surface area contributed by atoms with Crippen molar-refractivity contribution < 1.29 is 0 Å². The van der Waals surface area contributed by atoms with Crippen LogP contribution in [0.2, 0.25) is 10.0 Å². The van der Waals surface area contributed by atoms with E-state index in [1.165, 1.54) is 0 Å². The predicted octanol–water partition coefficient (Wildman–Crippen LogP) is 3.87. The monoisotopic (exact) mass is 333 g/mol. The average molecular weight is 334 g/mol. The van der Waals surface area contributed by atoms with E-state index in [0.29, 0.717) is 38.3 Å². The Hall–Kier alpha value is -2.24. The largest absolute Gasteiger partial charge is 0.399 e. The van der Waals surface area contributed by atoms with E-state index in [1.54, 1.807) is 30.5 Å². The Labute approximate surface area is 137 Å². The van der Waals surface area contributed by atoms with Crippen LogP contribution in [0.15, 0.2) is 36.5 Å². The van der Waals surface area contributed by atoms with Crippen molar-refractivity contribution in [2.75, 3.05) is 23.4 Å². The maximum Gasteiger partial charge on any atom is 0.152 e. The van der Waals surface area contributed by atoms with Gasteiger partial charge in [-0.05, 0) is 30.3 Å². The Balaban J connectivity index is 2.07. The summed E-state index contributed by atoms with van der Waals surface area (Å²) in [6.45, 7) is 0. The number of benzene rings is 2. The molecule has 0 unspecified atom stereocenters. The van der Waals surface area contributed by atoms with Crippen molar-refractivity contribution in [3.8, 4) is 0 Å². The van der Waals surface area contributed by atoms with Crippen LogP contribution >= 0.6 is 23.2 Å². The first-order chi connectivity index (χ1) is 10.5. The molecule has 0 saturated carbocycles. The normalized spacial score (nSPS) is 10.9. The summed E-state index contributed by atoms with van der Waals surface area (Å²) in [4.78, 5) is 10.8. The second-order valence-corrected chi connectivity index (χ2v) is 5.68. The van der Waals surface area contributed by atoms with Gasteiger partial charge in [0.1, 0.15) is 5.52 Å². The standard InChI is InChI=1S/C15H13Cl2N5/c1-22(9-2-3-10(16)11(17)6-9)14-7-20-13-5-8(18)4-12(19)15(13)21-14/h2-7H,18-19H2,1H3. The van der Waals surface area contributed by atoms with Crippen molar-refractivity contribution in [1.29, 1.82) is 0 Å². The Bertz CT molecular complexity index is 866. The number of nitrogens with two attached hydrogens (primary N) is 2. The third-order valence-corrected chi connectivity index (χ3v) is 4.06. The van der Waals surface area contributed by atoms with Gasteiger partial charge in [-0.15, -0.1) is 0 Å². The fraction of sp³-hybridized carbons (Fsp3) is 0.0667. The van der Waals surface area contributed by atoms with E-state index in [4.69, 9.17) is 34.7 Å². The van der Waals surface area contributed by atoms with Crippen LogP contribution in [0.25, 0.3) is 11.0 Å². The first kappa shape index (κ1) is 14.7. The van der Waals surface area contributed by atoms with E-state index in [2.05, 4.69) is 9.97 Å². The molecule has 0 saturated heterocycles. The Morgan fingerprint density at radius 3 is 2.55 bits per heavy atom. The van der Waals surface area contributed by atoms with Gasteiger partial charge in [-0.2, -0.15) is 0 Å². The minimum Gasteiger partial charge on any atom is -0.399 e. The lowest BCUT2D eigenvalue weighted by Gasteiger charge is -2.19. The molecule has 0 radical (unpaired) electrons. The predicted molar refractivity (Wildman–Crippen MR) is 92.9 cm³/mol. The Morgan fingerprint density at radius 1 is 1.05 bits per heavy atom. The number of anilines is 4. The van der Waals surface area contributed by atoms with Crippen molar-refractivity contribution in [3.05, 3.63) is 46.6 Å². The second kappa shape index (κ2) is 5.51. The van der Waals surface area contributed by atoms with Crippen LogP contribution in [0.5, 0.6) is 0 Å². The third-order valence-electron chi connectivity index (χ3n) is 3.32. The Morgan fingerprint density at radius 2 is 1.82 bits per heavy atom. The molecule has 0 aliphatic carbocycles. The fourth-order valence-electron chi connectivity index (χ4n) is 2.14. The van der Waals surface area contributed by atoms with E-state index < -0.39 is 0 Å². The maximum atomic E-state index is 6.05. The topological polar surface area (TPSA) is 81.1 Å². The number of hydrogen-bond donors (Lipinski definition) is 2. The highest BCUT2D eigenvalue weighted by molar-refractivity contribution is 6.42. The molecule has 0 fully saturated rings. The summed E-state index contributed by atoms with van der Waals surface area (Å²) in [6, 6.07) is 8.76. The minimum atomic E-state index is 0.479. The van der Waals surface area contributed by atoms with E-state index in [-0.39, 0.29) is 0 Å². The molecule has 0 spiro atoms. The summed E-state index contributed by atoms with van der Waals surface area (Å²) in [7, 11) is 1.86. The molecule has 3 rings (SSSR count). The number of aromatic nitrogens is 2. The quantitative estimate of drug-likeness (QED) is 0.695. The molecule has 0 aliphatic heterocycles. The molecule has 1 heterocycles. The van der Waals surface area contributed by atoms with Crippen LogP contribution in [0.1, 0.15) is 0 Å². The summed E-state index contributed by atoms with van der Waals surface area (Å²) >= 11 is 12.0. The highest BCUT2D eigenvalue weighted by Gasteiger charge is 2.11. The average Bonchev–Trinajstić information content (AvgIpc) is 2.49. The molecule has 2 aromatic carbocycles. The minimum absolute atomic E-state index is 0.479. The lowest BCUT2D eigenvalue weighted by molar-refractivity contribution is 1.12. The molecule has 0 atom stereocenters. The summed E-state index contributed by atoms with van der Waals surface area (Å²) < 4.78 is 0. The van der Waals surface area contributed by atoms with Gasteiger partial charge in [-0.3, -0.25) is 4.98 Å². The molecular weight excluding hydrogens is 321 g/mol. The summed E-state index contributed by atoms with van der Waals surface area (Å²) in [5, 5.41) is 0.982. The van der Waals surface area contributed by atoms with Crippen LogP contribution < -0.4 is 16.4 Å². The van der Waals surface area contributed by atoms with Crippen LogP contribution in [0.3, 0.4) is 0 Å². The van der Waals surface area contributed by atoms with Crippen LogP contribution in [0.4, 0.5) is 22.9 Å².